The fourth-order valence-electron chi connectivity index (χ4n) is 4.18. The summed E-state index contributed by atoms with van der Waals surface area (Å²) in [5.41, 5.74) is 6.66. The molecule has 0 bridgehead atoms. The van der Waals surface area contributed by atoms with Crippen LogP contribution in [0.25, 0.3) is 0 Å². The Balaban J connectivity index is 1.49. The summed E-state index contributed by atoms with van der Waals surface area (Å²) in [6, 6.07) is 8.51. The SMILES string of the molecule is CN=C(NCC1CCN(c2cccc(Br)c2)C1)N1CCCC(CC(N)=O)C1. The van der Waals surface area contributed by atoms with Crippen LogP contribution in [-0.4, -0.2) is 56.5 Å². The molecule has 3 N–H and O–H groups in total. The number of hydrogen-bond donors (Lipinski definition) is 2. The summed E-state index contributed by atoms with van der Waals surface area (Å²) in [6.07, 6.45) is 3.80. The largest absolute Gasteiger partial charge is 0.371 e. The molecule has 2 aliphatic rings. The number of hydrogen-bond acceptors (Lipinski definition) is 3. The molecule has 2 heterocycles. The van der Waals surface area contributed by atoms with Gasteiger partial charge in [0.15, 0.2) is 5.96 Å². The van der Waals surface area contributed by atoms with Gasteiger partial charge in [0.1, 0.15) is 0 Å². The van der Waals surface area contributed by atoms with Gasteiger partial charge in [-0.05, 0) is 49.3 Å². The number of nitrogens with one attached hydrogen (secondary N) is 1. The van der Waals surface area contributed by atoms with Crippen molar-refractivity contribution in [2.24, 2.45) is 22.6 Å². The first-order chi connectivity index (χ1) is 13.0. The number of nitrogens with zero attached hydrogens (tertiary/aromatic N) is 3. The van der Waals surface area contributed by atoms with Gasteiger partial charge in [0.25, 0.3) is 0 Å². The maximum absolute atomic E-state index is 11.2. The predicted molar refractivity (Wildman–Crippen MR) is 114 cm³/mol. The monoisotopic (exact) mass is 435 g/mol. The average molecular weight is 436 g/mol. The van der Waals surface area contributed by atoms with Gasteiger partial charge >= 0.3 is 0 Å². The van der Waals surface area contributed by atoms with Gasteiger partial charge in [-0.15, -0.1) is 0 Å². The highest BCUT2D eigenvalue weighted by Gasteiger charge is 2.26. The highest BCUT2D eigenvalue weighted by molar-refractivity contribution is 9.10. The maximum Gasteiger partial charge on any atom is 0.217 e. The Morgan fingerprint density at radius 3 is 2.89 bits per heavy atom. The fraction of sp³-hybridized carbons (Fsp3) is 0.600. The van der Waals surface area contributed by atoms with E-state index in [1.54, 1.807) is 0 Å². The van der Waals surface area contributed by atoms with Crippen LogP contribution < -0.4 is 16.0 Å². The number of carbonyl (C=O) groups is 1. The number of anilines is 1. The van der Waals surface area contributed by atoms with Crippen LogP contribution in [-0.2, 0) is 4.79 Å². The molecule has 1 amide bonds. The van der Waals surface area contributed by atoms with Crippen molar-refractivity contribution in [1.29, 1.82) is 0 Å². The Kier molecular flexibility index (Phi) is 6.99. The molecule has 7 heteroatoms. The van der Waals surface area contributed by atoms with Crippen molar-refractivity contribution >= 4 is 33.5 Å². The Hall–Kier alpha value is -1.76. The first kappa shape index (κ1) is 20.0. The van der Waals surface area contributed by atoms with Gasteiger partial charge in [0, 0.05) is 56.4 Å². The van der Waals surface area contributed by atoms with Crippen LogP contribution in [0.3, 0.4) is 0 Å². The Labute approximate surface area is 170 Å². The summed E-state index contributed by atoms with van der Waals surface area (Å²) < 4.78 is 1.12. The number of guanidine groups is 1. The van der Waals surface area contributed by atoms with Crippen molar-refractivity contribution in [3.05, 3.63) is 28.7 Å². The van der Waals surface area contributed by atoms with Crippen LogP contribution in [0.4, 0.5) is 5.69 Å². The van der Waals surface area contributed by atoms with E-state index in [4.69, 9.17) is 5.73 Å². The minimum atomic E-state index is -0.205. The van der Waals surface area contributed by atoms with E-state index < -0.39 is 0 Å². The van der Waals surface area contributed by atoms with Crippen molar-refractivity contribution in [2.45, 2.75) is 25.7 Å². The first-order valence-corrected chi connectivity index (χ1v) is 10.6. The second-order valence-electron chi connectivity index (χ2n) is 7.63. The Morgan fingerprint density at radius 1 is 1.30 bits per heavy atom. The minimum Gasteiger partial charge on any atom is -0.371 e. The highest BCUT2D eigenvalue weighted by atomic mass is 79.9. The van der Waals surface area contributed by atoms with E-state index in [1.165, 1.54) is 12.1 Å². The van der Waals surface area contributed by atoms with Gasteiger partial charge in [-0.25, -0.2) is 0 Å². The van der Waals surface area contributed by atoms with E-state index in [0.717, 1.165) is 56.0 Å². The van der Waals surface area contributed by atoms with Crippen LogP contribution in [0, 0.1) is 11.8 Å². The third kappa shape index (κ3) is 5.61. The molecular weight excluding hydrogens is 406 g/mol. The van der Waals surface area contributed by atoms with Crippen molar-refractivity contribution < 1.29 is 4.79 Å². The summed E-state index contributed by atoms with van der Waals surface area (Å²) in [7, 11) is 1.84. The van der Waals surface area contributed by atoms with Gasteiger partial charge in [-0.3, -0.25) is 9.79 Å². The predicted octanol–water partition coefficient (Wildman–Crippen LogP) is 2.44. The zero-order valence-corrected chi connectivity index (χ0v) is 17.6. The van der Waals surface area contributed by atoms with E-state index >= 15 is 0 Å². The summed E-state index contributed by atoms with van der Waals surface area (Å²) >= 11 is 3.56. The van der Waals surface area contributed by atoms with Crippen LogP contribution in [0.5, 0.6) is 0 Å². The molecule has 2 unspecified atom stereocenters. The number of primary amides is 1. The van der Waals surface area contributed by atoms with Crippen LogP contribution in [0.1, 0.15) is 25.7 Å². The normalized spacial score (nSPS) is 23.6. The number of nitrogens with two attached hydrogens (primary N) is 1. The second kappa shape index (κ2) is 9.44. The lowest BCUT2D eigenvalue weighted by atomic mass is 9.95. The molecule has 3 rings (SSSR count). The first-order valence-electron chi connectivity index (χ1n) is 9.79. The standard InChI is InChI=1S/C20H30BrN5O/c1-23-20(26-8-3-4-15(13-26)10-19(22)27)24-12-16-7-9-25(14-16)18-6-2-5-17(21)11-18/h2,5-6,11,15-16H,3-4,7-10,12-14H2,1H3,(H2,22,27)(H,23,24). The number of aliphatic imine (C=N–C) groups is 1. The second-order valence-corrected chi connectivity index (χ2v) is 8.55. The van der Waals surface area contributed by atoms with E-state index in [2.05, 4.69) is 60.3 Å². The van der Waals surface area contributed by atoms with Gasteiger partial charge < -0.3 is 20.9 Å². The number of halogens is 1. The maximum atomic E-state index is 11.2. The van der Waals surface area contributed by atoms with Crippen molar-refractivity contribution in [3.63, 3.8) is 0 Å². The molecule has 27 heavy (non-hydrogen) atoms. The summed E-state index contributed by atoms with van der Waals surface area (Å²) in [6.45, 7) is 4.92. The molecule has 0 aromatic heterocycles. The Bertz CT molecular complexity index is 680. The van der Waals surface area contributed by atoms with Crippen LogP contribution in [0.2, 0.25) is 0 Å². The molecule has 0 saturated carbocycles. The Morgan fingerprint density at radius 2 is 2.15 bits per heavy atom. The molecule has 1 aromatic carbocycles. The molecule has 0 aliphatic carbocycles. The van der Waals surface area contributed by atoms with E-state index in [9.17, 15) is 4.79 Å². The van der Waals surface area contributed by atoms with Crippen molar-refractivity contribution in [1.82, 2.24) is 10.2 Å². The topological polar surface area (TPSA) is 74.0 Å². The van der Waals surface area contributed by atoms with Gasteiger partial charge in [0.2, 0.25) is 5.91 Å². The number of benzene rings is 1. The smallest absolute Gasteiger partial charge is 0.217 e. The third-order valence-electron chi connectivity index (χ3n) is 5.53. The van der Waals surface area contributed by atoms with Crippen LogP contribution in [0.15, 0.2) is 33.7 Å². The van der Waals surface area contributed by atoms with Crippen LogP contribution >= 0.6 is 15.9 Å². The molecule has 2 atom stereocenters. The zero-order valence-electron chi connectivity index (χ0n) is 16.0. The van der Waals surface area contributed by atoms with E-state index in [-0.39, 0.29) is 5.91 Å². The fourth-order valence-corrected chi connectivity index (χ4v) is 4.57. The summed E-state index contributed by atoms with van der Waals surface area (Å²) in [4.78, 5) is 20.4. The summed E-state index contributed by atoms with van der Waals surface area (Å²) in [5.74, 6) is 1.69. The molecule has 0 spiro atoms. The van der Waals surface area contributed by atoms with Crippen molar-refractivity contribution in [2.75, 3.05) is 44.7 Å². The van der Waals surface area contributed by atoms with E-state index in [0.29, 0.717) is 18.3 Å². The lowest BCUT2D eigenvalue weighted by Gasteiger charge is -2.35. The minimum absolute atomic E-state index is 0.205. The molecule has 2 aliphatic heterocycles. The molecule has 2 fully saturated rings. The molecule has 1 aromatic rings. The molecular formula is C20H30BrN5O. The van der Waals surface area contributed by atoms with E-state index in [1.807, 2.05) is 7.05 Å². The quantitative estimate of drug-likeness (QED) is 0.550. The van der Waals surface area contributed by atoms with Gasteiger partial charge in [0.05, 0.1) is 0 Å². The number of amides is 1. The number of likely N-dealkylation sites (tertiary alicyclic amines) is 1. The molecule has 2 saturated heterocycles. The number of carbonyl (C=O) groups excluding carboxylic acids is 1. The lowest BCUT2D eigenvalue weighted by molar-refractivity contribution is -0.119. The lowest BCUT2D eigenvalue weighted by Crippen LogP contribution is -2.48. The third-order valence-corrected chi connectivity index (χ3v) is 6.02. The molecule has 6 nitrogen and oxygen atoms in total. The zero-order chi connectivity index (χ0) is 19.2. The highest BCUT2D eigenvalue weighted by Crippen LogP contribution is 2.26. The average Bonchev–Trinajstić information content (AvgIpc) is 3.11. The number of piperidine rings is 1. The molecule has 148 valence electrons. The molecule has 0 radical (unpaired) electrons. The number of rotatable bonds is 5. The van der Waals surface area contributed by atoms with Gasteiger partial charge in [-0.1, -0.05) is 22.0 Å². The summed E-state index contributed by atoms with van der Waals surface area (Å²) in [5, 5.41) is 3.56. The van der Waals surface area contributed by atoms with Gasteiger partial charge in [-0.2, -0.15) is 0 Å². The van der Waals surface area contributed by atoms with Crippen molar-refractivity contribution in [3.8, 4) is 0 Å².